The molecule has 0 aliphatic heterocycles. The van der Waals surface area contributed by atoms with E-state index in [1.807, 2.05) is 63.2 Å². The van der Waals surface area contributed by atoms with Crippen LogP contribution in [0.3, 0.4) is 0 Å². The van der Waals surface area contributed by atoms with E-state index in [-0.39, 0.29) is 16.8 Å². The predicted molar refractivity (Wildman–Crippen MR) is 100.0 cm³/mol. The Kier molecular flexibility index (Phi) is 4.53. The molecule has 0 aliphatic rings. The first kappa shape index (κ1) is 16.5. The number of aryl methyl sites for hydroxylation is 1. The van der Waals surface area contributed by atoms with E-state index in [2.05, 4.69) is 5.32 Å². The zero-order chi connectivity index (χ0) is 17.3. The van der Waals surface area contributed by atoms with Crippen LogP contribution in [-0.4, -0.2) is 10.5 Å². The first-order chi connectivity index (χ1) is 11.4. The zero-order valence-electron chi connectivity index (χ0n) is 14.0. The summed E-state index contributed by atoms with van der Waals surface area (Å²) in [5.41, 5.74) is 3.79. The molecule has 2 aromatic carbocycles. The fourth-order valence-corrected chi connectivity index (χ4v) is 3.75. The normalized spacial score (nSPS) is 11.2. The van der Waals surface area contributed by atoms with Gasteiger partial charge in [-0.15, -0.1) is 0 Å². The number of fused-ring (bicyclic) bond motifs is 1. The van der Waals surface area contributed by atoms with Crippen LogP contribution < -0.4 is 10.2 Å². The summed E-state index contributed by atoms with van der Waals surface area (Å²) in [6.45, 7) is 6.00. The van der Waals surface area contributed by atoms with Crippen LogP contribution in [0.2, 0.25) is 0 Å². The van der Waals surface area contributed by atoms with Crippen LogP contribution in [0.5, 0.6) is 0 Å². The molecule has 0 fully saturated rings. The van der Waals surface area contributed by atoms with Crippen molar-refractivity contribution >= 4 is 33.1 Å². The number of amides is 1. The lowest BCUT2D eigenvalue weighted by atomic mass is 10.1. The summed E-state index contributed by atoms with van der Waals surface area (Å²) < 4.78 is 2.67. The van der Waals surface area contributed by atoms with Crippen molar-refractivity contribution in [2.45, 2.75) is 33.2 Å². The van der Waals surface area contributed by atoms with E-state index in [9.17, 15) is 9.59 Å². The second-order valence-corrected chi connectivity index (χ2v) is 7.22. The Balaban J connectivity index is 1.79. The third-order valence-corrected chi connectivity index (χ3v) is 4.82. The maximum absolute atomic E-state index is 12.2. The highest BCUT2D eigenvalue weighted by Gasteiger charge is 2.11. The molecule has 5 heteroatoms. The lowest BCUT2D eigenvalue weighted by molar-refractivity contribution is -0.115. The summed E-state index contributed by atoms with van der Waals surface area (Å²) in [5, 5.41) is 2.91. The number of benzene rings is 2. The Morgan fingerprint density at radius 1 is 1.17 bits per heavy atom. The van der Waals surface area contributed by atoms with Crippen molar-refractivity contribution in [3.05, 3.63) is 63.3 Å². The Hall–Kier alpha value is -2.40. The molecule has 3 rings (SSSR count). The maximum Gasteiger partial charge on any atom is 0.308 e. The number of thiazole rings is 1. The highest BCUT2D eigenvalue weighted by atomic mass is 32.1. The van der Waals surface area contributed by atoms with E-state index in [4.69, 9.17) is 0 Å². The van der Waals surface area contributed by atoms with Crippen LogP contribution in [0.25, 0.3) is 10.2 Å². The SMILES string of the molecule is Cc1ccc(CC(=O)Nc2ccc3c(c2)sc(=O)n3C(C)C)cc1. The first-order valence-electron chi connectivity index (χ1n) is 7.94. The van der Waals surface area contributed by atoms with Gasteiger partial charge in [0.05, 0.1) is 16.6 Å². The molecule has 1 heterocycles. The van der Waals surface area contributed by atoms with Gasteiger partial charge in [-0.1, -0.05) is 41.2 Å². The molecule has 1 amide bonds. The van der Waals surface area contributed by atoms with Gasteiger partial charge in [0.2, 0.25) is 5.91 Å². The van der Waals surface area contributed by atoms with Crippen LogP contribution in [0, 0.1) is 6.92 Å². The standard InChI is InChI=1S/C19H20N2O2S/c1-12(2)21-16-9-8-15(11-17(16)24-19(21)23)20-18(22)10-14-6-4-13(3)5-7-14/h4-9,11-12H,10H2,1-3H3,(H,20,22). The summed E-state index contributed by atoms with van der Waals surface area (Å²) in [4.78, 5) is 24.3. The third-order valence-electron chi connectivity index (χ3n) is 3.90. The van der Waals surface area contributed by atoms with Gasteiger partial charge in [-0.25, -0.2) is 0 Å². The minimum atomic E-state index is -0.0613. The van der Waals surface area contributed by atoms with E-state index < -0.39 is 0 Å². The van der Waals surface area contributed by atoms with E-state index in [1.165, 1.54) is 16.9 Å². The number of carbonyl (C=O) groups is 1. The van der Waals surface area contributed by atoms with E-state index in [1.54, 1.807) is 4.57 Å². The van der Waals surface area contributed by atoms with Crippen LogP contribution in [-0.2, 0) is 11.2 Å². The number of nitrogens with zero attached hydrogens (tertiary/aromatic N) is 1. The molecule has 0 spiro atoms. The molecule has 0 aliphatic carbocycles. The highest BCUT2D eigenvalue weighted by molar-refractivity contribution is 7.16. The van der Waals surface area contributed by atoms with Gasteiger partial charge in [0, 0.05) is 11.7 Å². The fraction of sp³-hybridized carbons (Fsp3) is 0.263. The summed E-state index contributed by atoms with van der Waals surface area (Å²) in [6, 6.07) is 13.7. The zero-order valence-corrected chi connectivity index (χ0v) is 14.8. The molecule has 1 aromatic heterocycles. The van der Waals surface area contributed by atoms with Crippen LogP contribution in [0.15, 0.2) is 47.3 Å². The summed E-state index contributed by atoms with van der Waals surface area (Å²) in [7, 11) is 0. The van der Waals surface area contributed by atoms with Gasteiger partial charge in [-0.2, -0.15) is 0 Å². The molecule has 124 valence electrons. The fourth-order valence-electron chi connectivity index (χ4n) is 2.70. The smallest absolute Gasteiger partial charge is 0.308 e. The van der Waals surface area contributed by atoms with Crippen molar-refractivity contribution in [1.82, 2.24) is 4.57 Å². The number of rotatable bonds is 4. The summed E-state index contributed by atoms with van der Waals surface area (Å²) in [6.07, 6.45) is 0.335. The monoisotopic (exact) mass is 340 g/mol. The second kappa shape index (κ2) is 6.61. The molecule has 0 radical (unpaired) electrons. The van der Waals surface area contributed by atoms with Crippen LogP contribution >= 0.6 is 11.3 Å². The van der Waals surface area contributed by atoms with E-state index in [0.717, 1.165) is 21.5 Å². The molecule has 0 bridgehead atoms. The molecule has 3 aromatic rings. The van der Waals surface area contributed by atoms with Crippen LogP contribution in [0.1, 0.15) is 31.0 Å². The largest absolute Gasteiger partial charge is 0.326 e. The average Bonchev–Trinajstić information content (AvgIpc) is 2.84. The number of carbonyl (C=O) groups excluding carboxylic acids is 1. The van der Waals surface area contributed by atoms with Crippen LogP contribution in [0.4, 0.5) is 5.69 Å². The van der Waals surface area contributed by atoms with Gasteiger partial charge < -0.3 is 5.32 Å². The Morgan fingerprint density at radius 2 is 1.88 bits per heavy atom. The minimum absolute atomic E-state index is 0.0307. The minimum Gasteiger partial charge on any atom is -0.326 e. The Labute approximate surface area is 144 Å². The van der Waals surface area contributed by atoms with Crippen molar-refractivity contribution < 1.29 is 4.79 Å². The Morgan fingerprint density at radius 3 is 2.54 bits per heavy atom. The topological polar surface area (TPSA) is 51.1 Å². The lowest BCUT2D eigenvalue weighted by Gasteiger charge is -2.09. The molecule has 0 atom stereocenters. The van der Waals surface area contributed by atoms with Gasteiger partial charge in [0.25, 0.3) is 0 Å². The number of aromatic nitrogens is 1. The van der Waals surface area contributed by atoms with Crippen molar-refractivity contribution in [2.75, 3.05) is 5.32 Å². The quantitative estimate of drug-likeness (QED) is 0.776. The predicted octanol–water partition coefficient (Wildman–Crippen LogP) is 4.13. The van der Waals surface area contributed by atoms with Crippen molar-refractivity contribution in [3.63, 3.8) is 0 Å². The highest BCUT2D eigenvalue weighted by Crippen LogP contribution is 2.24. The summed E-state index contributed by atoms with van der Waals surface area (Å²) in [5.74, 6) is -0.0613. The average molecular weight is 340 g/mol. The molecule has 24 heavy (non-hydrogen) atoms. The lowest BCUT2D eigenvalue weighted by Crippen LogP contribution is -2.15. The third kappa shape index (κ3) is 3.41. The molecule has 1 N–H and O–H groups in total. The maximum atomic E-state index is 12.2. The van der Waals surface area contributed by atoms with Crippen molar-refractivity contribution in [2.24, 2.45) is 0 Å². The number of nitrogens with one attached hydrogen (secondary N) is 1. The van der Waals surface area contributed by atoms with Gasteiger partial charge in [0.1, 0.15) is 0 Å². The first-order valence-corrected chi connectivity index (χ1v) is 8.76. The number of hydrogen-bond acceptors (Lipinski definition) is 3. The second-order valence-electron chi connectivity index (χ2n) is 6.22. The number of hydrogen-bond donors (Lipinski definition) is 1. The Bertz CT molecular complexity index is 936. The molecular formula is C19H20N2O2S. The van der Waals surface area contributed by atoms with Gasteiger partial charge in [-0.3, -0.25) is 14.2 Å². The molecule has 0 saturated heterocycles. The summed E-state index contributed by atoms with van der Waals surface area (Å²) >= 11 is 1.21. The van der Waals surface area contributed by atoms with Gasteiger partial charge >= 0.3 is 4.87 Å². The molecule has 0 saturated carbocycles. The van der Waals surface area contributed by atoms with Gasteiger partial charge in [0.15, 0.2) is 0 Å². The number of anilines is 1. The molecule has 0 unspecified atom stereocenters. The van der Waals surface area contributed by atoms with Crippen molar-refractivity contribution in [3.8, 4) is 0 Å². The molecular weight excluding hydrogens is 320 g/mol. The van der Waals surface area contributed by atoms with Gasteiger partial charge in [-0.05, 0) is 44.5 Å². The molecule has 4 nitrogen and oxygen atoms in total. The van der Waals surface area contributed by atoms with E-state index >= 15 is 0 Å². The van der Waals surface area contributed by atoms with E-state index in [0.29, 0.717) is 6.42 Å². The van der Waals surface area contributed by atoms with Crippen molar-refractivity contribution in [1.29, 1.82) is 0 Å².